The summed E-state index contributed by atoms with van der Waals surface area (Å²) in [6.45, 7) is 8.66. The van der Waals surface area contributed by atoms with Crippen LogP contribution in [0.3, 0.4) is 0 Å². The van der Waals surface area contributed by atoms with Gasteiger partial charge in [-0.3, -0.25) is 9.69 Å². The first-order chi connectivity index (χ1) is 14.7. The summed E-state index contributed by atoms with van der Waals surface area (Å²) in [5.41, 5.74) is 3.82. The maximum atomic E-state index is 12.5. The van der Waals surface area contributed by atoms with Gasteiger partial charge in [-0.15, -0.1) is 6.58 Å². The van der Waals surface area contributed by atoms with Crippen molar-refractivity contribution in [1.29, 1.82) is 0 Å². The number of hydrogen-bond donors (Lipinski definition) is 1. The van der Waals surface area contributed by atoms with Crippen molar-refractivity contribution in [2.24, 2.45) is 0 Å². The van der Waals surface area contributed by atoms with Gasteiger partial charge in [-0.1, -0.05) is 49.4 Å². The Morgan fingerprint density at radius 2 is 2.10 bits per heavy atom. The van der Waals surface area contributed by atoms with Crippen LogP contribution in [0.5, 0.6) is 5.75 Å². The third-order valence-electron chi connectivity index (χ3n) is 5.47. The topological polar surface area (TPSA) is 50.8 Å². The van der Waals surface area contributed by atoms with Gasteiger partial charge in [0.25, 0.3) is 5.91 Å². The summed E-state index contributed by atoms with van der Waals surface area (Å²) in [5.74, 6) is 0.615. The molecular weight excluding hydrogens is 376 g/mol. The van der Waals surface area contributed by atoms with Gasteiger partial charge in [0, 0.05) is 26.7 Å². The Hall–Kier alpha value is -2.63. The van der Waals surface area contributed by atoms with Crippen LogP contribution in [0, 0.1) is 0 Å². The third-order valence-corrected chi connectivity index (χ3v) is 5.47. The number of amides is 1. The van der Waals surface area contributed by atoms with Gasteiger partial charge in [-0.25, -0.2) is 0 Å². The molecule has 0 aromatic heterocycles. The summed E-state index contributed by atoms with van der Waals surface area (Å²) in [7, 11) is 1.62. The molecule has 0 fully saturated rings. The molecule has 2 unspecified atom stereocenters. The van der Waals surface area contributed by atoms with Crippen molar-refractivity contribution in [3.05, 3.63) is 77.9 Å². The molecule has 30 heavy (non-hydrogen) atoms. The molecule has 0 saturated carbocycles. The first kappa shape index (κ1) is 22.1. The van der Waals surface area contributed by atoms with Crippen molar-refractivity contribution in [3.8, 4) is 5.75 Å². The first-order valence-corrected chi connectivity index (χ1v) is 10.6. The van der Waals surface area contributed by atoms with Crippen LogP contribution in [0.25, 0.3) is 0 Å². The summed E-state index contributed by atoms with van der Waals surface area (Å²) in [4.78, 5) is 14.9. The van der Waals surface area contributed by atoms with Crippen LogP contribution in [-0.2, 0) is 16.0 Å². The molecule has 5 nitrogen and oxygen atoms in total. The number of benzene rings is 2. The summed E-state index contributed by atoms with van der Waals surface area (Å²) in [6, 6.07) is 16.9. The van der Waals surface area contributed by atoms with Crippen molar-refractivity contribution < 1.29 is 14.3 Å². The maximum Gasteiger partial charge on any atom is 0.261 e. The Kier molecular flexibility index (Phi) is 8.05. The maximum absolute atomic E-state index is 12.5. The molecular formula is C25H32N2O3. The number of fused-ring (bicyclic) bond motifs is 1. The summed E-state index contributed by atoms with van der Waals surface area (Å²) < 4.78 is 11.1. The summed E-state index contributed by atoms with van der Waals surface area (Å²) in [6.07, 6.45) is 3.02. The molecule has 1 N–H and O–H groups in total. The molecule has 0 radical (unpaired) electrons. The van der Waals surface area contributed by atoms with Crippen LogP contribution in [0.1, 0.15) is 36.1 Å². The fourth-order valence-electron chi connectivity index (χ4n) is 3.98. The zero-order chi connectivity index (χ0) is 21.3. The highest BCUT2D eigenvalue weighted by atomic mass is 16.5. The fraction of sp³-hybridized carbons (Fsp3) is 0.400. The van der Waals surface area contributed by atoms with E-state index in [0.717, 1.165) is 25.3 Å². The minimum atomic E-state index is -0.525. The number of nitrogens with one attached hydrogen (secondary N) is 1. The molecule has 2 aromatic carbocycles. The average Bonchev–Trinajstić information content (AvgIpc) is 2.78. The number of hydrogen-bond acceptors (Lipinski definition) is 4. The highest BCUT2D eigenvalue weighted by Crippen LogP contribution is 2.37. The van der Waals surface area contributed by atoms with Crippen LogP contribution in [0.4, 0.5) is 0 Å². The quantitative estimate of drug-likeness (QED) is 0.481. The number of ether oxygens (including phenoxy) is 2. The smallest absolute Gasteiger partial charge is 0.261 e. The normalized spacial score (nSPS) is 17.1. The molecule has 1 heterocycles. The van der Waals surface area contributed by atoms with E-state index in [4.69, 9.17) is 9.47 Å². The molecule has 1 amide bonds. The van der Waals surface area contributed by atoms with E-state index in [2.05, 4.69) is 53.2 Å². The summed E-state index contributed by atoms with van der Waals surface area (Å²) >= 11 is 0. The van der Waals surface area contributed by atoms with E-state index in [0.29, 0.717) is 19.6 Å². The summed E-state index contributed by atoms with van der Waals surface area (Å²) in [5, 5.41) is 2.87. The Balaban J connectivity index is 1.86. The number of carbonyl (C=O) groups is 1. The van der Waals surface area contributed by atoms with Gasteiger partial charge in [-0.2, -0.15) is 0 Å². The third kappa shape index (κ3) is 5.29. The lowest BCUT2D eigenvalue weighted by molar-refractivity contribution is -0.128. The Morgan fingerprint density at radius 3 is 2.80 bits per heavy atom. The highest BCUT2D eigenvalue weighted by Gasteiger charge is 2.29. The molecule has 3 rings (SSSR count). The molecule has 1 aliphatic heterocycles. The standard InChI is InChI=1S/C25H32N2O3/c1-4-15-27-16-13-19-11-12-21(30-23(5-2)25(28)26-14-17-29-3)18-22(19)24(27)20-9-7-6-8-10-20/h4,6-12,18,23-24H,1,5,13-17H2,2-3H3,(H,26,28). The zero-order valence-corrected chi connectivity index (χ0v) is 18.0. The van der Waals surface area contributed by atoms with Crippen molar-refractivity contribution >= 4 is 5.91 Å². The fourth-order valence-corrected chi connectivity index (χ4v) is 3.98. The Bertz CT molecular complexity index is 838. The van der Waals surface area contributed by atoms with Crippen LogP contribution in [0.15, 0.2) is 61.2 Å². The van der Waals surface area contributed by atoms with Gasteiger partial charge in [0.15, 0.2) is 6.10 Å². The van der Waals surface area contributed by atoms with Gasteiger partial charge >= 0.3 is 0 Å². The van der Waals surface area contributed by atoms with Crippen LogP contribution in [0.2, 0.25) is 0 Å². The van der Waals surface area contributed by atoms with Crippen molar-refractivity contribution in [3.63, 3.8) is 0 Å². The van der Waals surface area contributed by atoms with Gasteiger partial charge in [-0.05, 0) is 41.7 Å². The van der Waals surface area contributed by atoms with Gasteiger partial charge in [0.05, 0.1) is 12.6 Å². The molecule has 0 aliphatic carbocycles. The lowest BCUT2D eigenvalue weighted by atomic mass is 9.88. The SMILES string of the molecule is C=CCN1CCc2ccc(OC(CC)C(=O)NCCOC)cc2C1c1ccccc1. The predicted molar refractivity (Wildman–Crippen MR) is 120 cm³/mol. The monoisotopic (exact) mass is 408 g/mol. The predicted octanol–water partition coefficient (Wildman–Crippen LogP) is 3.74. The molecule has 1 aliphatic rings. The lowest BCUT2D eigenvalue weighted by Crippen LogP contribution is -2.39. The van der Waals surface area contributed by atoms with Crippen LogP contribution >= 0.6 is 0 Å². The first-order valence-electron chi connectivity index (χ1n) is 10.6. The van der Waals surface area contributed by atoms with E-state index in [1.54, 1.807) is 7.11 Å². The van der Waals surface area contributed by atoms with Crippen molar-refractivity contribution in [2.45, 2.75) is 31.9 Å². The van der Waals surface area contributed by atoms with Crippen LogP contribution < -0.4 is 10.1 Å². The minimum absolute atomic E-state index is 0.111. The minimum Gasteiger partial charge on any atom is -0.481 e. The average molecular weight is 409 g/mol. The molecule has 0 spiro atoms. The van der Waals surface area contributed by atoms with E-state index >= 15 is 0 Å². The van der Waals surface area contributed by atoms with Crippen molar-refractivity contribution in [1.82, 2.24) is 10.2 Å². The second-order valence-corrected chi connectivity index (χ2v) is 7.51. The number of carbonyl (C=O) groups excluding carboxylic acids is 1. The Morgan fingerprint density at radius 1 is 1.30 bits per heavy atom. The molecule has 2 atom stereocenters. The van der Waals surface area contributed by atoms with E-state index in [-0.39, 0.29) is 11.9 Å². The van der Waals surface area contributed by atoms with E-state index in [1.807, 2.05) is 25.1 Å². The second kappa shape index (κ2) is 11.0. The molecule has 160 valence electrons. The second-order valence-electron chi connectivity index (χ2n) is 7.51. The molecule has 0 saturated heterocycles. The van der Waals surface area contributed by atoms with E-state index in [1.165, 1.54) is 16.7 Å². The van der Waals surface area contributed by atoms with E-state index < -0.39 is 6.10 Å². The zero-order valence-electron chi connectivity index (χ0n) is 18.0. The van der Waals surface area contributed by atoms with Crippen LogP contribution in [-0.4, -0.2) is 50.3 Å². The number of methoxy groups -OCH3 is 1. The Labute approximate surface area is 179 Å². The highest BCUT2D eigenvalue weighted by molar-refractivity contribution is 5.81. The van der Waals surface area contributed by atoms with Gasteiger partial charge in [0.1, 0.15) is 5.75 Å². The largest absolute Gasteiger partial charge is 0.481 e. The van der Waals surface area contributed by atoms with Gasteiger partial charge < -0.3 is 14.8 Å². The molecule has 0 bridgehead atoms. The molecule has 5 heteroatoms. The molecule has 2 aromatic rings. The van der Waals surface area contributed by atoms with E-state index in [9.17, 15) is 4.79 Å². The van der Waals surface area contributed by atoms with Crippen molar-refractivity contribution in [2.75, 3.05) is 33.4 Å². The number of nitrogens with zero attached hydrogens (tertiary/aromatic N) is 1. The number of rotatable bonds is 10. The van der Waals surface area contributed by atoms with Gasteiger partial charge in [0.2, 0.25) is 0 Å². The lowest BCUT2D eigenvalue weighted by Gasteiger charge is -2.37.